The largest absolute Gasteiger partial charge is 0.481 e. The number of hydrogen-bond donors (Lipinski definition) is 2. The van der Waals surface area contributed by atoms with Gasteiger partial charge in [-0.3, -0.25) is 14.3 Å². The van der Waals surface area contributed by atoms with E-state index >= 15 is 0 Å². The van der Waals surface area contributed by atoms with E-state index in [0.29, 0.717) is 0 Å². The van der Waals surface area contributed by atoms with Crippen LogP contribution < -0.4 is 5.32 Å². The molecular weight excluding hydrogens is 291 g/mol. The first-order valence-electron chi connectivity index (χ1n) is 6.13. The van der Waals surface area contributed by atoms with Crippen LogP contribution in [0.3, 0.4) is 0 Å². The number of carbonyl (C=O) groups is 2. The second-order valence-corrected chi connectivity index (χ2v) is 5.22. The summed E-state index contributed by atoms with van der Waals surface area (Å²) < 4.78 is 37.9. The molecule has 0 saturated carbocycles. The highest BCUT2D eigenvalue weighted by molar-refractivity contribution is 5.76. The Bertz CT molecular complexity index is 523. The van der Waals surface area contributed by atoms with Crippen LogP contribution in [0.25, 0.3) is 0 Å². The molecule has 1 heterocycles. The van der Waals surface area contributed by atoms with E-state index in [0.717, 1.165) is 16.9 Å². The van der Waals surface area contributed by atoms with Crippen molar-refractivity contribution in [3.63, 3.8) is 0 Å². The first kappa shape index (κ1) is 17.0. The predicted octanol–water partition coefficient (Wildman–Crippen LogP) is 1.66. The van der Waals surface area contributed by atoms with Gasteiger partial charge in [-0.15, -0.1) is 0 Å². The minimum absolute atomic E-state index is 0.118. The number of aliphatic carboxylic acids is 1. The van der Waals surface area contributed by atoms with Crippen molar-refractivity contribution in [1.82, 2.24) is 15.1 Å². The number of hydrogen-bond acceptors (Lipinski definition) is 3. The molecule has 21 heavy (non-hydrogen) atoms. The molecule has 118 valence electrons. The number of amides is 1. The first-order valence-corrected chi connectivity index (χ1v) is 6.13. The summed E-state index contributed by atoms with van der Waals surface area (Å²) in [6.07, 6.45) is -3.40. The van der Waals surface area contributed by atoms with Crippen LogP contribution in [-0.2, 0) is 22.3 Å². The van der Waals surface area contributed by atoms with Crippen molar-refractivity contribution in [3.05, 3.63) is 18.0 Å². The lowest BCUT2D eigenvalue weighted by Gasteiger charge is -2.25. The van der Waals surface area contributed by atoms with Crippen LogP contribution in [0.4, 0.5) is 13.2 Å². The maximum Gasteiger partial charge on any atom is 0.435 e. The summed E-state index contributed by atoms with van der Waals surface area (Å²) in [6.45, 7) is 2.91. The van der Waals surface area contributed by atoms with Crippen molar-refractivity contribution >= 4 is 11.9 Å². The number of nitrogens with one attached hydrogen (secondary N) is 1. The number of nitrogens with zero attached hydrogens (tertiary/aromatic N) is 2. The van der Waals surface area contributed by atoms with Gasteiger partial charge >= 0.3 is 12.1 Å². The molecule has 0 aliphatic heterocycles. The van der Waals surface area contributed by atoms with E-state index in [4.69, 9.17) is 5.11 Å². The standard InChI is InChI=1S/C12H16F3N3O3/c1-11(2,5-3-10(20)21)16-9(19)7-18-6-4-8(17-18)12(13,14)15/h4,6H,3,5,7H2,1-2H3,(H,16,19)(H,20,21). The van der Waals surface area contributed by atoms with Gasteiger partial charge in [0.1, 0.15) is 6.54 Å². The number of halogens is 3. The summed E-state index contributed by atoms with van der Waals surface area (Å²) in [5.41, 5.74) is -1.84. The Balaban J connectivity index is 2.57. The fourth-order valence-electron chi connectivity index (χ4n) is 1.65. The number of alkyl halides is 3. The van der Waals surface area contributed by atoms with Gasteiger partial charge in [-0.25, -0.2) is 0 Å². The fraction of sp³-hybridized carbons (Fsp3) is 0.583. The van der Waals surface area contributed by atoms with Gasteiger partial charge in [-0.05, 0) is 26.3 Å². The average molecular weight is 307 g/mol. The van der Waals surface area contributed by atoms with Crippen molar-refractivity contribution in [1.29, 1.82) is 0 Å². The maximum atomic E-state index is 12.4. The molecular formula is C12H16F3N3O3. The third-order valence-electron chi connectivity index (χ3n) is 2.68. The molecule has 0 radical (unpaired) electrons. The van der Waals surface area contributed by atoms with Gasteiger partial charge in [0, 0.05) is 18.2 Å². The second kappa shape index (κ2) is 6.15. The smallest absolute Gasteiger partial charge is 0.435 e. The number of carboxylic acid groups (broad SMARTS) is 1. The number of aromatic nitrogens is 2. The van der Waals surface area contributed by atoms with Crippen LogP contribution in [0.1, 0.15) is 32.4 Å². The van der Waals surface area contributed by atoms with E-state index in [1.165, 1.54) is 0 Å². The minimum atomic E-state index is -4.55. The molecule has 0 fully saturated rings. The van der Waals surface area contributed by atoms with Gasteiger partial charge < -0.3 is 10.4 Å². The van der Waals surface area contributed by atoms with E-state index in [1.807, 2.05) is 0 Å². The molecule has 1 rings (SSSR count). The van der Waals surface area contributed by atoms with E-state index in [9.17, 15) is 22.8 Å². The molecule has 0 saturated heterocycles. The van der Waals surface area contributed by atoms with E-state index in [2.05, 4.69) is 10.4 Å². The highest BCUT2D eigenvalue weighted by Gasteiger charge is 2.33. The number of rotatable bonds is 6. The Morgan fingerprint density at radius 3 is 2.48 bits per heavy atom. The number of carbonyl (C=O) groups excluding carboxylic acids is 1. The lowest BCUT2D eigenvalue weighted by molar-refractivity contribution is -0.141. The SMILES string of the molecule is CC(C)(CCC(=O)O)NC(=O)Cn1ccc(C(F)(F)F)n1. The van der Waals surface area contributed by atoms with Gasteiger partial charge in [-0.2, -0.15) is 18.3 Å². The molecule has 1 aromatic heterocycles. The Kier molecular flexibility index (Phi) is 4.97. The third kappa shape index (κ3) is 5.84. The molecule has 0 spiro atoms. The quantitative estimate of drug-likeness (QED) is 0.837. The molecule has 0 unspecified atom stereocenters. The van der Waals surface area contributed by atoms with Gasteiger partial charge in [0.2, 0.25) is 5.91 Å². The van der Waals surface area contributed by atoms with E-state index < -0.39 is 29.3 Å². The third-order valence-corrected chi connectivity index (χ3v) is 2.68. The summed E-state index contributed by atoms with van der Waals surface area (Å²) in [7, 11) is 0. The van der Waals surface area contributed by atoms with Crippen LogP contribution >= 0.6 is 0 Å². The molecule has 0 aliphatic rings. The van der Waals surface area contributed by atoms with Gasteiger partial charge in [0.15, 0.2) is 5.69 Å². The van der Waals surface area contributed by atoms with E-state index in [1.54, 1.807) is 13.8 Å². The average Bonchev–Trinajstić information content (AvgIpc) is 2.73. The topological polar surface area (TPSA) is 84.2 Å². The molecule has 6 nitrogen and oxygen atoms in total. The molecule has 9 heteroatoms. The Morgan fingerprint density at radius 2 is 2.00 bits per heavy atom. The minimum Gasteiger partial charge on any atom is -0.481 e. The van der Waals surface area contributed by atoms with Crippen LogP contribution in [0.15, 0.2) is 12.3 Å². The fourth-order valence-corrected chi connectivity index (χ4v) is 1.65. The number of carboxylic acids is 1. The predicted molar refractivity (Wildman–Crippen MR) is 66.3 cm³/mol. The highest BCUT2D eigenvalue weighted by atomic mass is 19.4. The van der Waals surface area contributed by atoms with Crippen LogP contribution in [-0.4, -0.2) is 32.3 Å². The summed E-state index contributed by atoms with van der Waals surface area (Å²) >= 11 is 0. The van der Waals surface area contributed by atoms with Crippen molar-refractivity contribution in [3.8, 4) is 0 Å². The van der Waals surface area contributed by atoms with E-state index in [-0.39, 0.29) is 19.4 Å². The lowest BCUT2D eigenvalue weighted by atomic mass is 9.98. The van der Waals surface area contributed by atoms with Crippen LogP contribution in [0.5, 0.6) is 0 Å². The summed E-state index contributed by atoms with van der Waals surface area (Å²) in [6, 6.07) is 0.781. The van der Waals surface area contributed by atoms with Crippen molar-refractivity contribution in [2.24, 2.45) is 0 Å². The molecule has 2 N–H and O–H groups in total. The monoisotopic (exact) mass is 307 g/mol. The lowest BCUT2D eigenvalue weighted by Crippen LogP contribution is -2.45. The highest BCUT2D eigenvalue weighted by Crippen LogP contribution is 2.27. The first-order chi connectivity index (χ1) is 9.49. The summed E-state index contributed by atoms with van der Waals surface area (Å²) in [5.74, 6) is -1.53. The normalized spacial score (nSPS) is 12.2. The van der Waals surface area contributed by atoms with Crippen molar-refractivity contribution < 1.29 is 27.9 Å². The molecule has 0 aromatic carbocycles. The van der Waals surface area contributed by atoms with Gasteiger partial charge in [0.05, 0.1) is 0 Å². The molecule has 0 atom stereocenters. The molecule has 1 aromatic rings. The Morgan fingerprint density at radius 1 is 1.38 bits per heavy atom. The van der Waals surface area contributed by atoms with Gasteiger partial charge in [0.25, 0.3) is 0 Å². The Labute approximate surface area is 118 Å². The Hall–Kier alpha value is -2.06. The zero-order chi connectivity index (χ0) is 16.3. The zero-order valence-electron chi connectivity index (χ0n) is 11.6. The molecule has 1 amide bonds. The maximum absolute atomic E-state index is 12.4. The van der Waals surface area contributed by atoms with Crippen LogP contribution in [0.2, 0.25) is 0 Å². The second-order valence-electron chi connectivity index (χ2n) is 5.22. The van der Waals surface area contributed by atoms with Crippen molar-refractivity contribution in [2.75, 3.05) is 0 Å². The van der Waals surface area contributed by atoms with Gasteiger partial charge in [-0.1, -0.05) is 0 Å². The van der Waals surface area contributed by atoms with Crippen molar-refractivity contribution in [2.45, 2.75) is 44.9 Å². The molecule has 0 aliphatic carbocycles. The van der Waals surface area contributed by atoms with Crippen LogP contribution in [0, 0.1) is 0 Å². The summed E-state index contributed by atoms with van der Waals surface area (Å²) in [4.78, 5) is 22.2. The molecule has 0 bridgehead atoms. The summed E-state index contributed by atoms with van der Waals surface area (Å²) in [5, 5.41) is 14.4. The zero-order valence-corrected chi connectivity index (χ0v) is 11.6.